The zero-order chi connectivity index (χ0) is 13.0. The van der Waals surface area contributed by atoms with Crippen LogP contribution in [-0.2, 0) is 13.1 Å². The standard InChI is InChI=1S/C14H17ClN2O/c1-3-17-7-6-11(10-17)9-16-14-8-12(18-2)4-5-13(14)15/h4-8,10,16H,3,9H2,1-2H3. The summed E-state index contributed by atoms with van der Waals surface area (Å²) < 4.78 is 7.32. The van der Waals surface area contributed by atoms with Gasteiger partial charge in [-0.15, -0.1) is 0 Å². The van der Waals surface area contributed by atoms with Crippen molar-refractivity contribution in [3.63, 3.8) is 0 Å². The van der Waals surface area contributed by atoms with Crippen LogP contribution in [0.25, 0.3) is 0 Å². The van der Waals surface area contributed by atoms with Crippen LogP contribution in [-0.4, -0.2) is 11.7 Å². The van der Waals surface area contributed by atoms with Crippen molar-refractivity contribution in [1.82, 2.24) is 4.57 Å². The lowest BCUT2D eigenvalue weighted by atomic mass is 10.2. The summed E-state index contributed by atoms with van der Waals surface area (Å²) in [5, 5.41) is 4.02. The molecule has 4 heteroatoms. The summed E-state index contributed by atoms with van der Waals surface area (Å²) in [6, 6.07) is 7.69. The molecule has 1 N–H and O–H groups in total. The number of nitrogens with one attached hydrogen (secondary N) is 1. The Hall–Kier alpha value is -1.61. The third-order valence-corrected chi connectivity index (χ3v) is 3.16. The highest BCUT2D eigenvalue weighted by atomic mass is 35.5. The van der Waals surface area contributed by atoms with Crippen molar-refractivity contribution in [2.45, 2.75) is 20.0 Å². The van der Waals surface area contributed by atoms with E-state index >= 15 is 0 Å². The Morgan fingerprint density at radius 2 is 2.17 bits per heavy atom. The maximum absolute atomic E-state index is 6.13. The molecular formula is C14H17ClN2O. The molecule has 0 aliphatic heterocycles. The smallest absolute Gasteiger partial charge is 0.121 e. The lowest BCUT2D eigenvalue weighted by molar-refractivity contribution is 0.415. The van der Waals surface area contributed by atoms with Gasteiger partial charge in [-0.1, -0.05) is 11.6 Å². The molecule has 0 aliphatic rings. The van der Waals surface area contributed by atoms with Gasteiger partial charge in [0.1, 0.15) is 5.75 Å². The van der Waals surface area contributed by atoms with Gasteiger partial charge in [0, 0.05) is 31.5 Å². The number of benzene rings is 1. The van der Waals surface area contributed by atoms with E-state index in [0.29, 0.717) is 5.02 Å². The third-order valence-electron chi connectivity index (χ3n) is 2.83. The Morgan fingerprint density at radius 3 is 2.83 bits per heavy atom. The zero-order valence-electron chi connectivity index (χ0n) is 10.6. The molecule has 1 heterocycles. The molecule has 0 fully saturated rings. The quantitative estimate of drug-likeness (QED) is 0.889. The summed E-state index contributed by atoms with van der Waals surface area (Å²) in [5.41, 5.74) is 2.12. The van der Waals surface area contributed by atoms with Gasteiger partial charge in [0.15, 0.2) is 0 Å². The van der Waals surface area contributed by atoms with Crippen LogP contribution in [0.4, 0.5) is 5.69 Å². The summed E-state index contributed by atoms with van der Waals surface area (Å²) in [6.45, 7) is 3.86. The second kappa shape index (κ2) is 5.83. The Kier molecular flexibility index (Phi) is 4.15. The average Bonchev–Trinajstić information content (AvgIpc) is 2.86. The minimum Gasteiger partial charge on any atom is -0.497 e. The Balaban J connectivity index is 2.05. The molecule has 0 unspecified atom stereocenters. The minimum absolute atomic E-state index is 0.700. The van der Waals surface area contributed by atoms with Gasteiger partial charge in [-0.25, -0.2) is 0 Å². The largest absolute Gasteiger partial charge is 0.497 e. The lowest BCUT2D eigenvalue weighted by Crippen LogP contribution is -1.99. The van der Waals surface area contributed by atoms with Crippen molar-refractivity contribution in [2.75, 3.05) is 12.4 Å². The highest BCUT2D eigenvalue weighted by Crippen LogP contribution is 2.27. The average molecular weight is 265 g/mol. The van der Waals surface area contributed by atoms with Crippen LogP contribution in [0, 0.1) is 0 Å². The highest BCUT2D eigenvalue weighted by Gasteiger charge is 2.03. The van der Waals surface area contributed by atoms with Gasteiger partial charge in [0.2, 0.25) is 0 Å². The van der Waals surface area contributed by atoms with E-state index in [1.165, 1.54) is 5.56 Å². The first kappa shape index (κ1) is 12.8. The molecule has 1 aromatic carbocycles. The zero-order valence-corrected chi connectivity index (χ0v) is 11.4. The molecule has 96 valence electrons. The van der Waals surface area contributed by atoms with Crippen LogP contribution in [0.15, 0.2) is 36.7 Å². The summed E-state index contributed by atoms with van der Waals surface area (Å²) in [7, 11) is 1.65. The number of aryl methyl sites for hydroxylation is 1. The number of hydrogen-bond donors (Lipinski definition) is 1. The van der Waals surface area contributed by atoms with Crippen molar-refractivity contribution in [1.29, 1.82) is 0 Å². The summed E-state index contributed by atoms with van der Waals surface area (Å²) in [4.78, 5) is 0. The number of ether oxygens (including phenoxy) is 1. The van der Waals surface area contributed by atoms with Crippen molar-refractivity contribution >= 4 is 17.3 Å². The van der Waals surface area contributed by atoms with Gasteiger partial charge in [-0.2, -0.15) is 0 Å². The lowest BCUT2D eigenvalue weighted by Gasteiger charge is -2.09. The number of nitrogens with zero attached hydrogens (tertiary/aromatic N) is 1. The minimum atomic E-state index is 0.700. The third kappa shape index (κ3) is 2.99. The van der Waals surface area contributed by atoms with Crippen LogP contribution in [0.1, 0.15) is 12.5 Å². The number of halogens is 1. The number of methoxy groups -OCH3 is 1. The van der Waals surface area contributed by atoms with E-state index in [1.807, 2.05) is 18.2 Å². The van der Waals surface area contributed by atoms with Gasteiger partial charge in [-0.05, 0) is 30.7 Å². The fraction of sp³-hybridized carbons (Fsp3) is 0.286. The highest BCUT2D eigenvalue weighted by molar-refractivity contribution is 6.33. The second-order valence-corrected chi connectivity index (χ2v) is 4.46. The van der Waals surface area contributed by atoms with E-state index in [4.69, 9.17) is 16.3 Å². The number of anilines is 1. The Morgan fingerprint density at radius 1 is 1.33 bits per heavy atom. The first-order valence-electron chi connectivity index (χ1n) is 5.95. The van der Waals surface area contributed by atoms with Crippen molar-refractivity contribution in [3.05, 3.63) is 47.2 Å². The monoisotopic (exact) mass is 264 g/mol. The van der Waals surface area contributed by atoms with Crippen LogP contribution >= 0.6 is 11.6 Å². The molecule has 0 saturated heterocycles. The number of hydrogen-bond acceptors (Lipinski definition) is 2. The SMILES string of the molecule is CCn1ccc(CNc2cc(OC)ccc2Cl)c1. The van der Waals surface area contributed by atoms with Crippen LogP contribution in [0.5, 0.6) is 5.75 Å². The van der Waals surface area contributed by atoms with Gasteiger partial charge < -0.3 is 14.6 Å². The van der Waals surface area contributed by atoms with Gasteiger partial charge in [-0.3, -0.25) is 0 Å². The fourth-order valence-corrected chi connectivity index (χ4v) is 1.94. The van der Waals surface area contributed by atoms with E-state index in [1.54, 1.807) is 7.11 Å². The predicted octanol–water partition coefficient (Wildman–Crippen LogP) is 3.78. The van der Waals surface area contributed by atoms with E-state index in [0.717, 1.165) is 24.5 Å². The molecule has 0 spiro atoms. The first-order chi connectivity index (χ1) is 8.72. The number of aromatic nitrogens is 1. The molecule has 0 saturated carbocycles. The van der Waals surface area contributed by atoms with Crippen molar-refractivity contribution in [3.8, 4) is 5.75 Å². The molecule has 0 radical (unpaired) electrons. The molecule has 0 amide bonds. The molecule has 18 heavy (non-hydrogen) atoms. The molecule has 1 aromatic heterocycles. The van der Waals surface area contributed by atoms with E-state index in [2.05, 4.69) is 35.3 Å². The van der Waals surface area contributed by atoms with E-state index in [-0.39, 0.29) is 0 Å². The molecule has 0 atom stereocenters. The van der Waals surface area contributed by atoms with Crippen molar-refractivity contribution in [2.24, 2.45) is 0 Å². The summed E-state index contributed by atoms with van der Waals surface area (Å²) in [5.74, 6) is 0.799. The second-order valence-electron chi connectivity index (χ2n) is 4.05. The first-order valence-corrected chi connectivity index (χ1v) is 6.32. The fourth-order valence-electron chi connectivity index (χ4n) is 1.76. The normalized spacial score (nSPS) is 10.4. The van der Waals surface area contributed by atoms with Crippen LogP contribution < -0.4 is 10.1 Å². The molecule has 2 rings (SSSR count). The summed E-state index contributed by atoms with van der Waals surface area (Å²) >= 11 is 6.13. The van der Waals surface area contributed by atoms with Crippen LogP contribution in [0.3, 0.4) is 0 Å². The van der Waals surface area contributed by atoms with E-state index in [9.17, 15) is 0 Å². The molecule has 0 aliphatic carbocycles. The predicted molar refractivity (Wildman–Crippen MR) is 75.4 cm³/mol. The maximum Gasteiger partial charge on any atom is 0.121 e. The van der Waals surface area contributed by atoms with Crippen LogP contribution in [0.2, 0.25) is 5.02 Å². The summed E-state index contributed by atoms with van der Waals surface area (Å²) in [6.07, 6.45) is 4.20. The molecule has 2 aromatic rings. The Labute approximate surface area is 112 Å². The van der Waals surface area contributed by atoms with Crippen molar-refractivity contribution < 1.29 is 4.74 Å². The molecule has 0 bridgehead atoms. The van der Waals surface area contributed by atoms with Gasteiger partial charge in [0.05, 0.1) is 17.8 Å². The van der Waals surface area contributed by atoms with Gasteiger partial charge in [0.25, 0.3) is 0 Å². The Bertz CT molecular complexity index is 522. The topological polar surface area (TPSA) is 26.2 Å². The van der Waals surface area contributed by atoms with E-state index < -0.39 is 0 Å². The molecule has 3 nitrogen and oxygen atoms in total. The molecular weight excluding hydrogens is 248 g/mol. The maximum atomic E-state index is 6.13. The number of rotatable bonds is 5. The van der Waals surface area contributed by atoms with Gasteiger partial charge >= 0.3 is 0 Å².